The van der Waals surface area contributed by atoms with Crippen LogP contribution in [0, 0.1) is 5.92 Å². The summed E-state index contributed by atoms with van der Waals surface area (Å²) in [7, 11) is 0. The SMILES string of the molecule is CCN1CCC(C(C)Nc2ccc3c(c2)NCC3)CC1. The number of benzene rings is 1. The maximum absolute atomic E-state index is 3.72. The Balaban J connectivity index is 1.57. The molecule has 110 valence electrons. The molecule has 0 radical (unpaired) electrons. The third-order valence-electron chi connectivity index (χ3n) is 5.00. The number of anilines is 2. The highest BCUT2D eigenvalue weighted by atomic mass is 15.1. The lowest BCUT2D eigenvalue weighted by atomic mass is 9.90. The zero-order valence-corrected chi connectivity index (χ0v) is 12.8. The molecule has 20 heavy (non-hydrogen) atoms. The number of hydrogen-bond donors (Lipinski definition) is 2. The summed E-state index contributed by atoms with van der Waals surface area (Å²) in [5.41, 5.74) is 4.05. The van der Waals surface area contributed by atoms with Crippen molar-refractivity contribution in [1.29, 1.82) is 0 Å². The standard InChI is InChI=1S/C17H27N3/c1-3-20-10-7-14(8-11-20)13(2)19-16-5-4-15-6-9-18-17(15)12-16/h4-5,12-14,18-19H,3,6-11H2,1-2H3. The third kappa shape index (κ3) is 2.93. The van der Waals surface area contributed by atoms with Crippen molar-refractivity contribution in [3.05, 3.63) is 23.8 Å². The summed E-state index contributed by atoms with van der Waals surface area (Å²) in [6.45, 7) is 9.42. The summed E-state index contributed by atoms with van der Waals surface area (Å²) in [5, 5.41) is 7.18. The summed E-state index contributed by atoms with van der Waals surface area (Å²) in [6.07, 6.45) is 3.82. The molecule has 0 bridgehead atoms. The van der Waals surface area contributed by atoms with Gasteiger partial charge in [-0.25, -0.2) is 0 Å². The van der Waals surface area contributed by atoms with Crippen LogP contribution in [0.2, 0.25) is 0 Å². The second-order valence-electron chi connectivity index (χ2n) is 6.25. The van der Waals surface area contributed by atoms with Crippen LogP contribution >= 0.6 is 0 Å². The van der Waals surface area contributed by atoms with Gasteiger partial charge in [-0.3, -0.25) is 0 Å². The van der Waals surface area contributed by atoms with Crippen molar-refractivity contribution in [2.75, 3.05) is 36.8 Å². The van der Waals surface area contributed by atoms with Gasteiger partial charge in [0.05, 0.1) is 0 Å². The third-order valence-corrected chi connectivity index (χ3v) is 5.00. The molecule has 2 aliphatic rings. The first-order chi connectivity index (χ1) is 9.76. The minimum Gasteiger partial charge on any atom is -0.384 e. The van der Waals surface area contributed by atoms with Crippen LogP contribution in [0.4, 0.5) is 11.4 Å². The molecule has 1 aromatic carbocycles. The van der Waals surface area contributed by atoms with Crippen molar-refractivity contribution in [1.82, 2.24) is 4.90 Å². The van der Waals surface area contributed by atoms with Gasteiger partial charge in [-0.2, -0.15) is 0 Å². The van der Waals surface area contributed by atoms with E-state index in [1.807, 2.05) is 0 Å². The van der Waals surface area contributed by atoms with E-state index >= 15 is 0 Å². The van der Waals surface area contributed by atoms with Gasteiger partial charge in [0.2, 0.25) is 0 Å². The van der Waals surface area contributed by atoms with E-state index in [9.17, 15) is 0 Å². The predicted molar refractivity (Wildman–Crippen MR) is 86.6 cm³/mol. The minimum atomic E-state index is 0.563. The Labute approximate surface area is 122 Å². The Kier molecular flexibility index (Phi) is 4.16. The van der Waals surface area contributed by atoms with Crippen molar-refractivity contribution in [3.63, 3.8) is 0 Å². The molecule has 0 aromatic heterocycles. The molecular formula is C17H27N3. The number of piperidine rings is 1. The highest BCUT2D eigenvalue weighted by molar-refractivity contribution is 5.64. The Morgan fingerprint density at radius 3 is 2.90 bits per heavy atom. The Bertz CT molecular complexity index is 450. The zero-order chi connectivity index (χ0) is 13.9. The van der Waals surface area contributed by atoms with Gasteiger partial charge in [-0.15, -0.1) is 0 Å². The Hall–Kier alpha value is -1.22. The van der Waals surface area contributed by atoms with Gasteiger partial charge in [0.15, 0.2) is 0 Å². The average molecular weight is 273 g/mol. The van der Waals surface area contributed by atoms with Gasteiger partial charge in [-0.05, 0) is 69.4 Å². The normalized spacial score (nSPS) is 21.3. The fourth-order valence-electron chi connectivity index (χ4n) is 3.53. The lowest BCUT2D eigenvalue weighted by Gasteiger charge is -2.35. The van der Waals surface area contributed by atoms with Gasteiger partial charge < -0.3 is 15.5 Å². The topological polar surface area (TPSA) is 27.3 Å². The lowest BCUT2D eigenvalue weighted by molar-refractivity contribution is 0.183. The number of rotatable bonds is 4. The van der Waals surface area contributed by atoms with Crippen LogP contribution in [0.15, 0.2) is 18.2 Å². The van der Waals surface area contributed by atoms with Crippen LogP contribution in [-0.2, 0) is 6.42 Å². The number of likely N-dealkylation sites (tertiary alicyclic amines) is 1. The Morgan fingerprint density at radius 1 is 1.35 bits per heavy atom. The summed E-state index contributed by atoms with van der Waals surface area (Å²) in [6, 6.07) is 7.35. The van der Waals surface area contributed by atoms with Gasteiger partial charge in [0, 0.05) is 24.0 Å². The van der Waals surface area contributed by atoms with Crippen molar-refractivity contribution < 1.29 is 0 Å². The molecule has 0 spiro atoms. The number of fused-ring (bicyclic) bond motifs is 1. The molecular weight excluding hydrogens is 246 g/mol. The van der Waals surface area contributed by atoms with Crippen LogP contribution in [0.1, 0.15) is 32.3 Å². The highest BCUT2D eigenvalue weighted by Crippen LogP contribution is 2.28. The molecule has 3 rings (SSSR count). The lowest BCUT2D eigenvalue weighted by Crippen LogP contribution is -2.39. The second-order valence-corrected chi connectivity index (χ2v) is 6.25. The summed E-state index contributed by atoms with van der Waals surface area (Å²) < 4.78 is 0. The maximum atomic E-state index is 3.72. The molecule has 1 saturated heterocycles. The van der Waals surface area contributed by atoms with Gasteiger partial charge in [0.1, 0.15) is 0 Å². The van der Waals surface area contributed by atoms with Crippen LogP contribution < -0.4 is 10.6 Å². The van der Waals surface area contributed by atoms with Crippen LogP contribution in [0.3, 0.4) is 0 Å². The minimum absolute atomic E-state index is 0.563. The monoisotopic (exact) mass is 273 g/mol. The van der Waals surface area contributed by atoms with E-state index in [0.717, 1.165) is 12.5 Å². The van der Waals surface area contributed by atoms with Crippen LogP contribution in [-0.4, -0.2) is 37.1 Å². The number of nitrogens with zero attached hydrogens (tertiary/aromatic N) is 1. The molecule has 0 aliphatic carbocycles. The molecule has 3 nitrogen and oxygen atoms in total. The zero-order valence-electron chi connectivity index (χ0n) is 12.8. The first-order valence-corrected chi connectivity index (χ1v) is 8.12. The Morgan fingerprint density at radius 2 is 2.15 bits per heavy atom. The van der Waals surface area contributed by atoms with E-state index in [1.165, 1.54) is 55.8 Å². The molecule has 2 aliphatic heterocycles. The van der Waals surface area contributed by atoms with E-state index < -0.39 is 0 Å². The molecule has 1 aromatic rings. The fraction of sp³-hybridized carbons (Fsp3) is 0.647. The van der Waals surface area contributed by atoms with Crippen molar-refractivity contribution in [2.24, 2.45) is 5.92 Å². The van der Waals surface area contributed by atoms with Crippen LogP contribution in [0.5, 0.6) is 0 Å². The highest BCUT2D eigenvalue weighted by Gasteiger charge is 2.23. The van der Waals surface area contributed by atoms with E-state index in [-0.39, 0.29) is 0 Å². The van der Waals surface area contributed by atoms with Crippen molar-refractivity contribution >= 4 is 11.4 Å². The first-order valence-electron chi connectivity index (χ1n) is 8.12. The van der Waals surface area contributed by atoms with Gasteiger partial charge >= 0.3 is 0 Å². The van der Waals surface area contributed by atoms with E-state index in [2.05, 4.69) is 47.6 Å². The first kappa shape index (κ1) is 13.7. The average Bonchev–Trinajstić information content (AvgIpc) is 2.95. The second kappa shape index (κ2) is 6.04. The van der Waals surface area contributed by atoms with Gasteiger partial charge in [-0.1, -0.05) is 13.0 Å². The fourth-order valence-corrected chi connectivity index (χ4v) is 3.53. The molecule has 2 N–H and O–H groups in total. The molecule has 3 heteroatoms. The molecule has 1 fully saturated rings. The predicted octanol–water partition coefficient (Wildman–Crippen LogP) is 3.19. The van der Waals surface area contributed by atoms with Crippen molar-refractivity contribution in [3.8, 4) is 0 Å². The maximum Gasteiger partial charge on any atom is 0.0394 e. The van der Waals surface area contributed by atoms with E-state index in [1.54, 1.807) is 0 Å². The summed E-state index contributed by atoms with van der Waals surface area (Å²) in [5.74, 6) is 0.805. The summed E-state index contributed by atoms with van der Waals surface area (Å²) >= 11 is 0. The number of hydrogen-bond acceptors (Lipinski definition) is 3. The molecule has 2 heterocycles. The quantitative estimate of drug-likeness (QED) is 0.882. The smallest absolute Gasteiger partial charge is 0.0394 e. The molecule has 1 unspecified atom stereocenters. The summed E-state index contributed by atoms with van der Waals surface area (Å²) in [4.78, 5) is 2.56. The van der Waals surface area contributed by atoms with Crippen molar-refractivity contribution in [2.45, 2.75) is 39.2 Å². The molecule has 1 atom stereocenters. The molecule has 0 saturated carbocycles. The van der Waals surface area contributed by atoms with E-state index in [0.29, 0.717) is 6.04 Å². The molecule has 0 amide bonds. The van der Waals surface area contributed by atoms with Crippen LogP contribution in [0.25, 0.3) is 0 Å². The largest absolute Gasteiger partial charge is 0.384 e. The number of nitrogens with one attached hydrogen (secondary N) is 2. The van der Waals surface area contributed by atoms with E-state index in [4.69, 9.17) is 0 Å². The van der Waals surface area contributed by atoms with Gasteiger partial charge in [0.25, 0.3) is 0 Å².